The Balaban J connectivity index is 1.35. The van der Waals surface area contributed by atoms with E-state index in [0.29, 0.717) is 0 Å². The number of hydrogen-bond acceptors (Lipinski definition) is 0. The van der Waals surface area contributed by atoms with Gasteiger partial charge >= 0.3 is 0 Å². The van der Waals surface area contributed by atoms with Gasteiger partial charge in [0.25, 0.3) is 0 Å². The normalized spacial score (nSPS) is 19.3. The average Bonchev–Trinajstić information content (AvgIpc) is 3.25. The van der Waals surface area contributed by atoms with Crippen molar-refractivity contribution < 1.29 is 13.5 Å². The van der Waals surface area contributed by atoms with Gasteiger partial charge in [0.05, 0.1) is 27.8 Å². The first-order chi connectivity index (χ1) is 24.2. The Morgan fingerprint density at radius 3 is 2.38 bits per heavy atom. The molecule has 252 valence electrons. The second-order valence-electron chi connectivity index (χ2n) is 16.1. The molecule has 6 aromatic rings. The van der Waals surface area contributed by atoms with Gasteiger partial charge in [0, 0.05) is 48.3 Å². The summed E-state index contributed by atoms with van der Waals surface area (Å²) in [6.45, 7) is 14.7. The Hall–Kier alpha value is -4.37. The third-order valence-corrected chi connectivity index (χ3v) is 13.2. The van der Waals surface area contributed by atoms with Crippen LogP contribution in [-0.2, 0) is 23.9 Å². The van der Waals surface area contributed by atoms with Gasteiger partial charge in [-0.05, 0) is 71.0 Å². The Bertz CT molecular complexity index is 2360. The maximum Gasteiger partial charge on any atom is 0.221 e. The molecular weight excluding hydrogens is 612 g/mol. The van der Waals surface area contributed by atoms with E-state index in [0.717, 1.165) is 56.2 Å². The molecule has 0 radical (unpaired) electrons. The van der Waals surface area contributed by atoms with Crippen LogP contribution in [0, 0.1) is 12.7 Å². The standard InChI is InChI=1S/C47H49FN2/c1-7-10-13-30-25-32-21-23-50-45-41(32)39(26-30)46(5,6)43-40(48)19-18-35(42(43)45)37(27-47(50,8-2)9-3)38-28-49-22-20-31-14-11-12-15-33(31)44(49)36-24-29(4)16-17-34(36)38/h11-12,14-26,37-38H,7-10,13,27-28H2,1-6H3/q+2. The Morgan fingerprint density at radius 1 is 0.800 bits per heavy atom. The first-order valence-corrected chi connectivity index (χ1v) is 19.1. The molecule has 0 fully saturated rings. The van der Waals surface area contributed by atoms with Gasteiger partial charge in [-0.3, -0.25) is 0 Å². The van der Waals surface area contributed by atoms with Crippen LogP contribution < -0.4 is 9.13 Å². The maximum atomic E-state index is 16.8. The first kappa shape index (κ1) is 31.6. The van der Waals surface area contributed by atoms with Gasteiger partial charge in [-0.25, -0.2) is 4.39 Å². The van der Waals surface area contributed by atoms with Crippen molar-refractivity contribution in [2.45, 2.75) is 109 Å². The van der Waals surface area contributed by atoms with Gasteiger partial charge < -0.3 is 0 Å². The molecule has 2 aromatic heterocycles. The van der Waals surface area contributed by atoms with Gasteiger partial charge in [-0.1, -0.05) is 95.1 Å². The van der Waals surface area contributed by atoms with Crippen molar-refractivity contribution in [2.24, 2.45) is 0 Å². The van der Waals surface area contributed by atoms with E-state index in [1.165, 1.54) is 66.3 Å². The highest BCUT2D eigenvalue weighted by molar-refractivity contribution is 6.01. The fraction of sp³-hybridized carbons (Fsp3) is 0.362. The predicted molar refractivity (Wildman–Crippen MR) is 203 cm³/mol. The summed E-state index contributed by atoms with van der Waals surface area (Å²) in [5, 5.41) is 5.20. The van der Waals surface area contributed by atoms with Crippen LogP contribution in [0.3, 0.4) is 0 Å². The molecule has 2 unspecified atom stereocenters. The molecule has 9 rings (SSSR count). The summed E-state index contributed by atoms with van der Waals surface area (Å²) in [5.41, 5.74) is 12.0. The first-order valence-electron chi connectivity index (χ1n) is 19.1. The molecule has 0 amide bonds. The van der Waals surface area contributed by atoms with Gasteiger partial charge in [0.2, 0.25) is 11.4 Å². The Kier molecular flexibility index (Phi) is 7.15. The van der Waals surface area contributed by atoms with Gasteiger partial charge in [-0.15, -0.1) is 0 Å². The summed E-state index contributed by atoms with van der Waals surface area (Å²) in [5.74, 6) is 0.364. The van der Waals surface area contributed by atoms with E-state index < -0.39 is 5.41 Å². The number of fused-ring (bicyclic) bond motifs is 5. The van der Waals surface area contributed by atoms with E-state index in [2.05, 4.69) is 136 Å². The number of aryl methyl sites for hydroxylation is 2. The molecule has 3 heteroatoms. The number of nitrogens with zero attached hydrogens (tertiary/aromatic N) is 2. The summed E-state index contributed by atoms with van der Waals surface area (Å²) >= 11 is 0. The molecule has 0 N–H and O–H groups in total. The molecule has 0 bridgehead atoms. The molecule has 3 aliphatic rings. The Labute approximate surface area is 296 Å². The number of aromatic nitrogens is 2. The molecule has 2 atom stereocenters. The average molecular weight is 661 g/mol. The summed E-state index contributed by atoms with van der Waals surface area (Å²) in [6, 6.07) is 29.4. The van der Waals surface area contributed by atoms with Crippen LogP contribution in [0.2, 0.25) is 0 Å². The van der Waals surface area contributed by atoms with Crippen molar-refractivity contribution in [1.82, 2.24) is 0 Å². The molecule has 4 heterocycles. The minimum atomic E-state index is -0.472. The lowest BCUT2D eigenvalue weighted by atomic mass is 9.65. The van der Waals surface area contributed by atoms with Crippen molar-refractivity contribution >= 4 is 21.5 Å². The van der Waals surface area contributed by atoms with Crippen molar-refractivity contribution in [3.63, 3.8) is 0 Å². The molecule has 4 aromatic carbocycles. The topological polar surface area (TPSA) is 7.76 Å². The van der Waals surface area contributed by atoms with Crippen molar-refractivity contribution in [3.05, 3.63) is 130 Å². The quantitative estimate of drug-likeness (QED) is 0.157. The predicted octanol–water partition coefficient (Wildman–Crippen LogP) is 11.1. The molecule has 2 aliphatic heterocycles. The fourth-order valence-electron chi connectivity index (χ4n) is 10.5. The van der Waals surface area contributed by atoms with E-state index >= 15 is 4.39 Å². The Morgan fingerprint density at radius 2 is 1.58 bits per heavy atom. The monoisotopic (exact) mass is 660 g/mol. The highest BCUT2D eigenvalue weighted by atomic mass is 19.1. The van der Waals surface area contributed by atoms with Crippen molar-refractivity contribution in [2.75, 3.05) is 0 Å². The molecule has 0 saturated carbocycles. The van der Waals surface area contributed by atoms with Crippen LogP contribution in [0.25, 0.3) is 44.1 Å². The zero-order valence-electron chi connectivity index (χ0n) is 30.5. The smallest absolute Gasteiger partial charge is 0.207 e. The largest absolute Gasteiger partial charge is 0.221 e. The van der Waals surface area contributed by atoms with Crippen LogP contribution in [0.1, 0.15) is 112 Å². The van der Waals surface area contributed by atoms with Gasteiger partial charge in [0.15, 0.2) is 24.5 Å². The van der Waals surface area contributed by atoms with E-state index in [9.17, 15) is 0 Å². The number of rotatable bonds is 6. The van der Waals surface area contributed by atoms with Crippen LogP contribution in [0.5, 0.6) is 0 Å². The molecule has 0 spiro atoms. The minimum absolute atomic E-state index is 0.0768. The van der Waals surface area contributed by atoms with E-state index in [1.807, 2.05) is 0 Å². The second-order valence-corrected chi connectivity index (χ2v) is 16.1. The van der Waals surface area contributed by atoms with Gasteiger partial charge in [0.1, 0.15) is 5.82 Å². The minimum Gasteiger partial charge on any atom is -0.207 e. The second kappa shape index (κ2) is 11.3. The highest BCUT2D eigenvalue weighted by Crippen LogP contribution is 2.57. The van der Waals surface area contributed by atoms with E-state index in [1.54, 1.807) is 6.07 Å². The SMILES string of the molecule is CCCCc1cc2c3c4[n+](ccc3c1)C(CC)(CC)CC(C1C[n+]3ccc5ccccc5c3-c3cc(C)ccc31)c1ccc(F)c(c1-4)C2(C)C. The number of unbranched alkanes of at least 4 members (excludes halogenated alkanes) is 1. The summed E-state index contributed by atoms with van der Waals surface area (Å²) in [7, 11) is 0. The fourth-order valence-corrected chi connectivity index (χ4v) is 10.5. The summed E-state index contributed by atoms with van der Waals surface area (Å²) in [4.78, 5) is 0. The maximum absolute atomic E-state index is 16.8. The van der Waals surface area contributed by atoms with Crippen molar-refractivity contribution in [3.8, 4) is 22.5 Å². The number of halogens is 1. The van der Waals surface area contributed by atoms with Crippen molar-refractivity contribution in [1.29, 1.82) is 0 Å². The number of benzene rings is 4. The van der Waals surface area contributed by atoms with Crippen LogP contribution in [0.4, 0.5) is 4.39 Å². The zero-order valence-corrected chi connectivity index (χ0v) is 30.5. The van der Waals surface area contributed by atoms with Crippen LogP contribution in [-0.4, -0.2) is 0 Å². The van der Waals surface area contributed by atoms with E-state index in [4.69, 9.17) is 0 Å². The highest BCUT2D eigenvalue weighted by Gasteiger charge is 2.53. The number of pyridine rings is 2. The number of hydrogen-bond donors (Lipinski definition) is 0. The molecule has 50 heavy (non-hydrogen) atoms. The molecule has 1 aliphatic carbocycles. The molecule has 0 saturated heterocycles. The van der Waals surface area contributed by atoms with Gasteiger partial charge in [-0.2, -0.15) is 9.13 Å². The molecule has 2 nitrogen and oxygen atoms in total. The molecular formula is C47H49FN2+2. The van der Waals surface area contributed by atoms with E-state index in [-0.39, 0.29) is 23.2 Å². The van der Waals surface area contributed by atoms with Crippen LogP contribution >= 0.6 is 0 Å². The lowest BCUT2D eigenvalue weighted by molar-refractivity contribution is -0.756. The summed E-state index contributed by atoms with van der Waals surface area (Å²) < 4.78 is 21.9. The zero-order chi connectivity index (χ0) is 34.5. The lowest BCUT2D eigenvalue weighted by Crippen LogP contribution is -2.57. The third kappa shape index (κ3) is 4.31. The lowest BCUT2D eigenvalue weighted by Gasteiger charge is -2.36. The third-order valence-electron chi connectivity index (χ3n) is 13.2. The summed E-state index contributed by atoms with van der Waals surface area (Å²) in [6.07, 6.45) is 11.1. The van der Waals surface area contributed by atoms with Crippen LogP contribution in [0.15, 0.2) is 91.3 Å².